The molecular formula is C20H17N3O4S. The molecule has 2 aromatic carbocycles. The van der Waals surface area contributed by atoms with Crippen molar-refractivity contribution in [3.05, 3.63) is 98.5 Å². The monoisotopic (exact) mass is 395 g/mol. The van der Waals surface area contributed by atoms with Gasteiger partial charge in [0.25, 0.3) is 17.2 Å². The lowest BCUT2D eigenvalue weighted by Crippen LogP contribution is -2.29. The van der Waals surface area contributed by atoms with Crippen LogP contribution in [0.15, 0.2) is 76.6 Å². The van der Waals surface area contributed by atoms with E-state index >= 15 is 0 Å². The van der Waals surface area contributed by atoms with E-state index in [4.69, 9.17) is 0 Å². The highest BCUT2D eigenvalue weighted by Gasteiger charge is 2.14. The second-order valence-electron chi connectivity index (χ2n) is 5.94. The predicted molar refractivity (Wildman–Crippen MR) is 109 cm³/mol. The van der Waals surface area contributed by atoms with Crippen LogP contribution in [0, 0.1) is 10.1 Å². The van der Waals surface area contributed by atoms with Gasteiger partial charge in [-0.25, -0.2) is 0 Å². The van der Waals surface area contributed by atoms with E-state index in [2.05, 4.69) is 5.32 Å². The van der Waals surface area contributed by atoms with E-state index in [0.29, 0.717) is 11.3 Å². The average molecular weight is 395 g/mol. The van der Waals surface area contributed by atoms with Gasteiger partial charge in [-0.1, -0.05) is 24.3 Å². The first-order valence-corrected chi connectivity index (χ1v) is 9.59. The fourth-order valence-electron chi connectivity index (χ4n) is 2.74. The van der Waals surface area contributed by atoms with Gasteiger partial charge in [-0.2, -0.15) is 0 Å². The van der Waals surface area contributed by atoms with Crippen molar-refractivity contribution in [1.82, 2.24) is 4.57 Å². The molecule has 8 heteroatoms. The maximum absolute atomic E-state index is 12.7. The van der Waals surface area contributed by atoms with Crippen LogP contribution in [0.4, 0.5) is 11.4 Å². The number of nitrogens with one attached hydrogen (secondary N) is 1. The molecule has 1 N–H and O–H groups in total. The van der Waals surface area contributed by atoms with E-state index in [-0.39, 0.29) is 17.8 Å². The van der Waals surface area contributed by atoms with Crippen molar-refractivity contribution in [2.45, 2.75) is 11.4 Å². The lowest BCUT2D eigenvalue weighted by atomic mass is 10.2. The van der Waals surface area contributed by atoms with Crippen LogP contribution in [-0.2, 0) is 6.54 Å². The molecule has 28 heavy (non-hydrogen) atoms. The number of carbonyl (C=O) groups excluding carboxylic acids is 1. The van der Waals surface area contributed by atoms with Crippen LogP contribution in [0.3, 0.4) is 0 Å². The number of hydrogen-bond donors (Lipinski definition) is 1. The van der Waals surface area contributed by atoms with Crippen LogP contribution in [0.2, 0.25) is 0 Å². The van der Waals surface area contributed by atoms with Crippen LogP contribution in [0.25, 0.3) is 0 Å². The van der Waals surface area contributed by atoms with Crippen molar-refractivity contribution in [2.24, 2.45) is 0 Å². The molecule has 0 fully saturated rings. The van der Waals surface area contributed by atoms with E-state index < -0.39 is 16.4 Å². The van der Waals surface area contributed by atoms with Gasteiger partial charge in [0, 0.05) is 23.2 Å². The van der Waals surface area contributed by atoms with E-state index in [0.717, 1.165) is 4.90 Å². The minimum absolute atomic E-state index is 0.00355. The molecule has 0 aliphatic rings. The Labute approximate surface area is 165 Å². The summed E-state index contributed by atoms with van der Waals surface area (Å²) in [5, 5.41) is 13.7. The number of nitro groups is 1. The van der Waals surface area contributed by atoms with E-state index in [1.807, 2.05) is 18.4 Å². The molecular weight excluding hydrogens is 378 g/mol. The topological polar surface area (TPSA) is 94.2 Å². The van der Waals surface area contributed by atoms with Crippen molar-refractivity contribution in [3.8, 4) is 0 Å². The summed E-state index contributed by atoms with van der Waals surface area (Å²) < 4.78 is 1.36. The number of anilines is 1. The Balaban J connectivity index is 1.87. The Morgan fingerprint density at radius 3 is 2.68 bits per heavy atom. The number of carbonyl (C=O) groups is 1. The molecule has 3 rings (SSSR count). The van der Waals surface area contributed by atoms with Crippen LogP contribution < -0.4 is 10.9 Å². The Morgan fingerprint density at radius 2 is 1.93 bits per heavy atom. The van der Waals surface area contributed by atoms with Crippen LogP contribution in [0.5, 0.6) is 0 Å². The normalized spacial score (nSPS) is 10.5. The summed E-state index contributed by atoms with van der Waals surface area (Å²) in [5.41, 5.74) is 0.722. The number of benzene rings is 2. The quantitative estimate of drug-likeness (QED) is 0.389. The lowest BCUT2D eigenvalue weighted by molar-refractivity contribution is -0.384. The summed E-state index contributed by atoms with van der Waals surface area (Å²) in [6.45, 7) is 0.128. The third-order valence-corrected chi connectivity index (χ3v) is 4.89. The number of nitro benzene ring substituents is 1. The number of pyridine rings is 1. The molecule has 1 aromatic heterocycles. The van der Waals surface area contributed by atoms with E-state index in [9.17, 15) is 19.7 Å². The molecule has 0 bridgehead atoms. The molecule has 3 aromatic rings. The second-order valence-corrected chi connectivity index (χ2v) is 6.78. The zero-order valence-electron chi connectivity index (χ0n) is 15.0. The maximum Gasteiger partial charge on any atom is 0.269 e. The molecule has 1 heterocycles. The summed E-state index contributed by atoms with van der Waals surface area (Å²) in [5.74, 6) is -0.500. The van der Waals surface area contributed by atoms with Gasteiger partial charge in [-0.3, -0.25) is 19.7 Å². The zero-order chi connectivity index (χ0) is 20.1. The number of amides is 1. The van der Waals surface area contributed by atoms with Gasteiger partial charge >= 0.3 is 0 Å². The van der Waals surface area contributed by atoms with Crippen LogP contribution >= 0.6 is 11.8 Å². The minimum Gasteiger partial charge on any atom is -0.321 e. The Kier molecular flexibility index (Phi) is 5.90. The highest BCUT2D eigenvalue weighted by molar-refractivity contribution is 7.98. The van der Waals surface area contributed by atoms with E-state index in [1.54, 1.807) is 36.5 Å². The van der Waals surface area contributed by atoms with Crippen molar-refractivity contribution in [2.75, 3.05) is 11.6 Å². The van der Waals surface area contributed by atoms with Crippen molar-refractivity contribution < 1.29 is 9.72 Å². The highest BCUT2D eigenvalue weighted by Crippen LogP contribution is 2.24. The Hall–Kier alpha value is -3.39. The van der Waals surface area contributed by atoms with Crippen molar-refractivity contribution >= 4 is 29.0 Å². The largest absolute Gasteiger partial charge is 0.321 e. The summed E-state index contributed by atoms with van der Waals surface area (Å²) in [6.07, 6.45) is 3.45. The Morgan fingerprint density at radius 1 is 1.14 bits per heavy atom. The van der Waals surface area contributed by atoms with E-state index in [1.165, 1.54) is 34.5 Å². The van der Waals surface area contributed by atoms with Crippen LogP contribution in [-0.4, -0.2) is 21.7 Å². The summed E-state index contributed by atoms with van der Waals surface area (Å²) in [6, 6.07) is 16.5. The molecule has 0 unspecified atom stereocenters. The maximum atomic E-state index is 12.7. The van der Waals surface area contributed by atoms with Gasteiger partial charge in [0.1, 0.15) is 5.56 Å². The fraction of sp³-hybridized carbons (Fsp3) is 0.100. The number of hydrogen-bond acceptors (Lipinski definition) is 5. The molecule has 0 radical (unpaired) electrons. The summed E-state index contributed by atoms with van der Waals surface area (Å²) in [4.78, 5) is 36.7. The molecule has 0 spiro atoms. The van der Waals surface area contributed by atoms with Gasteiger partial charge in [0.05, 0.1) is 17.2 Å². The average Bonchev–Trinajstić information content (AvgIpc) is 2.70. The standard InChI is InChI=1S/C20H17N3O4S/c1-28-18-10-3-2-9-17(18)21-19(24)16-8-5-11-22(20(16)25)13-14-6-4-7-15(12-14)23(26)27/h2-12H,13H2,1H3,(H,21,24). The first-order chi connectivity index (χ1) is 13.5. The van der Waals surface area contributed by atoms with Crippen LogP contribution in [0.1, 0.15) is 15.9 Å². The molecule has 7 nitrogen and oxygen atoms in total. The second kappa shape index (κ2) is 8.53. The molecule has 0 saturated heterocycles. The molecule has 0 aliphatic heterocycles. The Bertz CT molecular complexity index is 1090. The SMILES string of the molecule is CSc1ccccc1NC(=O)c1cccn(Cc2cccc([N+](=O)[O-])c2)c1=O. The van der Waals surface area contributed by atoms with Gasteiger partial charge in [0.2, 0.25) is 0 Å². The number of thioether (sulfide) groups is 1. The third kappa shape index (κ3) is 4.29. The predicted octanol–water partition coefficient (Wildman–Crippen LogP) is 3.78. The molecule has 0 atom stereocenters. The summed E-state index contributed by atoms with van der Waals surface area (Å²) in [7, 11) is 0. The minimum atomic E-state index is -0.500. The molecule has 0 aliphatic carbocycles. The van der Waals surface area contributed by atoms with Gasteiger partial charge in [-0.05, 0) is 36.1 Å². The zero-order valence-corrected chi connectivity index (χ0v) is 15.8. The van der Waals surface area contributed by atoms with Gasteiger partial charge in [-0.15, -0.1) is 11.8 Å². The third-order valence-electron chi connectivity index (χ3n) is 4.09. The first-order valence-electron chi connectivity index (χ1n) is 8.37. The van der Waals surface area contributed by atoms with Crippen molar-refractivity contribution in [1.29, 1.82) is 0 Å². The number of non-ortho nitro benzene ring substituents is 1. The van der Waals surface area contributed by atoms with Crippen molar-refractivity contribution in [3.63, 3.8) is 0 Å². The fourth-order valence-corrected chi connectivity index (χ4v) is 3.29. The molecule has 0 saturated carbocycles. The first kappa shape index (κ1) is 19.4. The highest BCUT2D eigenvalue weighted by atomic mass is 32.2. The number of nitrogens with zero attached hydrogens (tertiary/aromatic N) is 2. The van der Waals surface area contributed by atoms with Gasteiger partial charge in [0.15, 0.2) is 0 Å². The number of aromatic nitrogens is 1. The smallest absolute Gasteiger partial charge is 0.269 e. The van der Waals surface area contributed by atoms with Gasteiger partial charge < -0.3 is 9.88 Å². The summed E-state index contributed by atoms with van der Waals surface area (Å²) >= 11 is 1.49. The number of rotatable bonds is 6. The lowest BCUT2D eigenvalue weighted by Gasteiger charge is -2.11. The molecule has 1 amide bonds. The molecule has 142 valence electrons. The number of para-hydroxylation sites is 1.